The fourth-order valence-corrected chi connectivity index (χ4v) is 2.68. The summed E-state index contributed by atoms with van der Waals surface area (Å²) < 4.78 is 5.02. The fraction of sp³-hybridized carbons (Fsp3) is 0.188. The van der Waals surface area contributed by atoms with Crippen LogP contribution in [0.1, 0.15) is 12.2 Å². The van der Waals surface area contributed by atoms with Gasteiger partial charge in [0, 0.05) is 22.1 Å². The van der Waals surface area contributed by atoms with Gasteiger partial charge in [-0.15, -0.1) is 11.8 Å². The molecule has 132 valence electrons. The van der Waals surface area contributed by atoms with Gasteiger partial charge in [-0.05, 0) is 36.4 Å². The van der Waals surface area contributed by atoms with E-state index in [9.17, 15) is 14.4 Å². The van der Waals surface area contributed by atoms with Crippen LogP contribution in [0.5, 0.6) is 0 Å². The van der Waals surface area contributed by atoms with E-state index in [-0.39, 0.29) is 13.0 Å². The Bertz CT molecular complexity index is 719. The van der Waals surface area contributed by atoms with Crippen molar-refractivity contribution in [2.24, 2.45) is 0 Å². The molecule has 0 radical (unpaired) electrons. The summed E-state index contributed by atoms with van der Waals surface area (Å²) in [4.78, 5) is 35.7. The van der Waals surface area contributed by atoms with E-state index in [0.717, 1.165) is 4.90 Å². The molecule has 0 saturated carbocycles. The molecule has 0 fully saturated rings. The predicted octanol–water partition coefficient (Wildman–Crippen LogP) is 1.88. The molecule has 0 aliphatic heterocycles. The highest BCUT2D eigenvalue weighted by Crippen LogP contribution is 2.20. The third kappa shape index (κ3) is 6.90. The van der Waals surface area contributed by atoms with Crippen LogP contribution in [-0.2, 0) is 20.9 Å². The van der Waals surface area contributed by atoms with Gasteiger partial charge in [0.15, 0.2) is 0 Å². The van der Waals surface area contributed by atoms with Crippen molar-refractivity contribution in [2.45, 2.75) is 17.9 Å². The van der Waals surface area contributed by atoms with Gasteiger partial charge in [0.25, 0.3) is 0 Å². The molecule has 0 aliphatic rings. The van der Waals surface area contributed by atoms with Gasteiger partial charge in [-0.3, -0.25) is 25.2 Å². The number of hydrogen-bond acceptors (Lipinski definition) is 5. The molecule has 0 atom stereocenters. The van der Waals surface area contributed by atoms with Crippen LogP contribution in [0.3, 0.4) is 0 Å². The number of rotatable bonds is 6. The van der Waals surface area contributed by atoms with Gasteiger partial charge >= 0.3 is 11.8 Å². The fourth-order valence-electron chi connectivity index (χ4n) is 1.70. The minimum atomic E-state index is -0.953. The monoisotopic (exact) mass is 381 g/mol. The van der Waals surface area contributed by atoms with Crippen LogP contribution < -0.4 is 16.2 Å². The summed E-state index contributed by atoms with van der Waals surface area (Å²) in [5, 5.41) is 3.02. The molecule has 9 heteroatoms. The smallest absolute Gasteiger partial charge is 0.327 e. The van der Waals surface area contributed by atoms with Crippen LogP contribution in [0, 0.1) is 0 Å². The Morgan fingerprint density at radius 1 is 1.04 bits per heavy atom. The Labute approximate surface area is 153 Å². The van der Waals surface area contributed by atoms with E-state index < -0.39 is 17.7 Å². The number of thioether (sulfide) groups is 1. The van der Waals surface area contributed by atoms with Crippen LogP contribution in [0.15, 0.2) is 52.0 Å². The standard InChI is InChI=1S/C16H16ClN3O4S/c17-11-3-5-13(6-4-11)25-9-7-14(21)19-20-16(23)15(22)18-10-12-2-1-8-24-12/h1-6,8H,7,9-10H2,(H,18,22)(H,19,21)(H,20,23). The van der Waals surface area contributed by atoms with E-state index in [0.29, 0.717) is 16.5 Å². The lowest BCUT2D eigenvalue weighted by Gasteiger charge is -2.07. The van der Waals surface area contributed by atoms with Crippen LogP contribution in [-0.4, -0.2) is 23.5 Å². The molecule has 1 aromatic heterocycles. The number of hydrazine groups is 1. The Balaban J connectivity index is 1.60. The van der Waals surface area contributed by atoms with Crippen molar-refractivity contribution < 1.29 is 18.8 Å². The normalized spacial score (nSPS) is 10.1. The quantitative estimate of drug-likeness (QED) is 0.403. The minimum absolute atomic E-state index is 0.0882. The van der Waals surface area contributed by atoms with E-state index in [4.69, 9.17) is 16.0 Å². The van der Waals surface area contributed by atoms with E-state index >= 15 is 0 Å². The van der Waals surface area contributed by atoms with E-state index in [2.05, 4.69) is 16.2 Å². The molecule has 0 unspecified atom stereocenters. The zero-order valence-corrected chi connectivity index (χ0v) is 14.7. The third-order valence-electron chi connectivity index (χ3n) is 2.94. The Morgan fingerprint density at radius 3 is 2.48 bits per heavy atom. The first kappa shape index (κ1) is 18.9. The molecule has 0 saturated heterocycles. The zero-order valence-electron chi connectivity index (χ0n) is 13.1. The van der Waals surface area contributed by atoms with Crippen molar-refractivity contribution in [1.29, 1.82) is 0 Å². The number of halogens is 1. The molecule has 7 nitrogen and oxygen atoms in total. The van der Waals surface area contributed by atoms with Gasteiger partial charge in [-0.1, -0.05) is 11.6 Å². The maximum atomic E-state index is 11.7. The van der Waals surface area contributed by atoms with Crippen LogP contribution in [0.25, 0.3) is 0 Å². The topological polar surface area (TPSA) is 100 Å². The number of hydrogen-bond donors (Lipinski definition) is 3. The van der Waals surface area contributed by atoms with E-state index in [1.807, 2.05) is 12.1 Å². The van der Waals surface area contributed by atoms with Gasteiger partial charge in [-0.2, -0.15) is 0 Å². The highest BCUT2D eigenvalue weighted by molar-refractivity contribution is 7.99. The highest BCUT2D eigenvalue weighted by Gasteiger charge is 2.14. The summed E-state index contributed by atoms with van der Waals surface area (Å²) in [6.07, 6.45) is 1.64. The SMILES string of the molecule is O=C(CCSc1ccc(Cl)cc1)NNC(=O)C(=O)NCc1ccco1. The Hall–Kier alpha value is -2.45. The summed E-state index contributed by atoms with van der Waals surface area (Å²) in [7, 11) is 0. The molecule has 0 aliphatic carbocycles. The first-order valence-electron chi connectivity index (χ1n) is 7.32. The maximum Gasteiger partial charge on any atom is 0.327 e. The van der Waals surface area contributed by atoms with Crippen molar-refractivity contribution >= 4 is 41.1 Å². The number of furan rings is 1. The largest absolute Gasteiger partial charge is 0.467 e. The molecular weight excluding hydrogens is 366 g/mol. The Kier molecular flexibility index (Phi) is 7.36. The summed E-state index contributed by atoms with van der Waals surface area (Å²) in [6.45, 7) is 0.0882. The number of amides is 3. The number of benzene rings is 1. The molecule has 0 spiro atoms. The number of carbonyl (C=O) groups excluding carboxylic acids is 3. The van der Waals surface area contributed by atoms with Crippen molar-refractivity contribution in [2.75, 3.05) is 5.75 Å². The maximum absolute atomic E-state index is 11.7. The molecule has 3 amide bonds. The van der Waals surface area contributed by atoms with Gasteiger partial charge in [0.05, 0.1) is 12.8 Å². The molecular formula is C16H16ClN3O4S. The summed E-state index contributed by atoms with van der Waals surface area (Å²) in [6, 6.07) is 10.6. The third-order valence-corrected chi connectivity index (χ3v) is 4.20. The summed E-state index contributed by atoms with van der Waals surface area (Å²) in [5.41, 5.74) is 4.26. The highest BCUT2D eigenvalue weighted by atomic mass is 35.5. The lowest BCUT2D eigenvalue weighted by Crippen LogP contribution is -2.48. The predicted molar refractivity (Wildman–Crippen MR) is 93.6 cm³/mol. The average Bonchev–Trinajstić information content (AvgIpc) is 3.13. The Morgan fingerprint density at radius 2 is 1.80 bits per heavy atom. The van der Waals surface area contributed by atoms with Crippen molar-refractivity contribution in [3.63, 3.8) is 0 Å². The molecule has 1 aromatic carbocycles. The first-order chi connectivity index (χ1) is 12.0. The molecule has 25 heavy (non-hydrogen) atoms. The number of nitrogens with one attached hydrogen (secondary N) is 3. The average molecular weight is 382 g/mol. The molecule has 2 aromatic rings. The molecule has 3 N–H and O–H groups in total. The minimum Gasteiger partial charge on any atom is -0.467 e. The van der Waals surface area contributed by atoms with E-state index in [1.165, 1.54) is 18.0 Å². The van der Waals surface area contributed by atoms with Crippen LogP contribution >= 0.6 is 23.4 Å². The van der Waals surface area contributed by atoms with Crippen molar-refractivity contribution in [3.05, 3.63) is 53.4 Å². The van der Waals surface area contributed by atoms with Gasteiger partial charge in [0.1, 0.15) is 5.76 Å². The van der Waals surface area contributed by atoms with Crippen molar-refractivity contribution in [1.82, 2.24) is 16.2 Å². The van der Waals surface area contributed by atoms with Crippen LogP contribution in [0.4, 0.5) is 0 Å². The molecule has 2 rings (SSSR count). The van der Waals surface area contributed by atoms with E-state index in [1.54, 1.807) is 24.3 Å². The molecule has 1 heterocycles. The van der Waals surface area contributed by atoms with Crippen molar-refractivity contribution in [3.8, 4) is 0 Å². The second-order valence-corrected chi connectivity index (χ2v) is 6.42. The van der Waals surface area contributed by atoms with Crippen LogP contribution in [0.2, 0.25) is 5.02 Å². The zero-order chi connectivity index (χ0) is 18.1. The van der Waals surface area contributed by atoms with Gasteiger partial charge < -0.3 is 9.73 Å². The lowest BCUT2D eigenvalue weighted by atomic mass is 10.4. The second-order valence-electron chi connectivity index (χ2n) is 4.82. The summed E-state index contributed by atoms with van der Waals surface area (Å²) >= 11 is 7.28. The molecule has 0 bridgehead atoms. The van der Waals surface area contributed by atoms with Gasteiger partial charge in [0.2, 0.25) is 5.91 Å². The first-order valence-corrected chi connectivity index (χ1v) is 8.68. The second kappa shape index (κ2) is 9.75. The summed E-state index contributed by atoms with van der Waals surface area (Å²) in [5.74, 6) is -1.18. The lowest BCUT2D eigenvalue weighted by molar-refractivity contribution is -0.141. The van der Waals surface area contributed by atoms with Gasteiger partial charge in [-0.25, -0.2) is 0 Å². The number of carbonyl (C=O) groups is 3.